The van der Waals surface area contributed by atoms with Crippen molar-refractivity contribution in [2.45, 2.75) is 44.7 Å². The number of likely N-dealkylation sites (tertiary alicyclic amines) is 1. The number of hydrogen-bond acceptors (Lipinski definition) is 3. The molecule has 2 aromatic carbocycles. The Labute approximate surface area is 193 Å². The third-order valence-corrected chi connectivity index (χ3v) is 7.21. The average molecular weight is 440 g/mol. The van der Waals surface area contributed by atoms with Crippen LogP contribution >= 0.6 is 0 Å². The summed E-state index contributed by atoms with van der Waals surface area (Å²) in [6, 6.07) is 17.1. The van der Waals surface area contributed by atoms with E-state index in [1.54, 1.807) is 0 Å². The van der Waals surface area contributed by atoms with Crippen molar-refractivity contribution in [1.82, 2.24) is 25.4 Å². The number of amides is 1. The zero-order valence-electron chi connectivity index (χ0n) is 18.7. The molecule has 3 N–H and O–H groups in total. The maximum atomic E-state index is 13.3. The number of benzene rings is 2. The van der Waals surface area contributed by atoms with Crippen molar-refractivity contribution in [2.75, 3.05) is 13.1 Å². The number of aryl methyl sites for hydroxylation is 2. The smallest absolute Gasteiger partial charge is 0.253 e. The van der Waals surface area contributed by atoms with Crippen LogP contribution in [0.4, 0.5) is 0 Å². The Morgan fingerprint density at radius 3 is 2.76 bits per heavy atom. The Balaban J connectivity index is 1.16. The number of nitrogens with one attached hydrogen (secondary N) is 3. The molecule has 1 aliphatic heterocycles. The lowest BCUT2D eigenvalue weighted by Crippen LogP contribution is -2.44. The van der Waals surface area contributed by atoms with Crippen molar-refractivity contribution in [3.05, 3.63) is 77.0 Å². The highest BCUT2D eigenvalue weighted by molar-refractivity contribution is 6.00. The molecule has 4 aromatic rings. The number of rotatable bonds is 4. The normalized spacial score (nSPS) is 16.4. The molecule has 33 heavy (non-hydrogen) atoms. The number of nitrogens with zero attached hydrogens (tertiary/aromatic N) is 2. The number of piperidine rings is 1. The van der Waals surface area contributed by atoms with E-state index < -0.39 is 0 Å². The highest BCUT2D eigenvalue weighted by Crippen LogP contribution is 2.35. The summed E-state index contributed by atoms with van der Waals surface area (Å²) in [4.78, 5) is 18.9. The molecule has 6 nitrogen and oxygen atoms in total. The lowest BCUT2D eigenvalue weighted by molar-refractivity contribution is 0.0705. The summed E-state index contributed by atoms with van der Waals surface area (Å²) in [5.41, 5.74) is 7.96. The van der Waals surface area contributed by atoms with Crippen molar-refractivity contribution >= 4 is 16.8 Å². The third kappa shape index (κ3) is 3.85. The first-order chi connectivity index (χ1) is 16.3. The van der Waals surface area contributed by atoms with Gasteiger partial charge in [0, 0.05) is 42.1 Å². The van der Waals surface area contributed by atoms with Crippen LogP contribution < -0.4 is 5.32 Å². The van der Waals surface area contributed by atoms with Crippen LogP contribution in [-0.2, 0) is 19.4 Å². The fraction of sp³-hybridized carbons (Fsp3) is 0.333. The van der Waals surface area contributed by atoms with Crippen LogP contribution in [0.3, 0.4) is 0 Å². The third-order valence-electron chi connectivity index (χ3n) is 7.21. The Hall–Kier alpha value is -3.38. The molecule has 0 radical (unpaired) electrons. The molecular formula is C27H29N5O. The standard InChI is InChI=1S/C27H29N5O/c33-27(32-13-11-21(12-14-32)28-16-18-5-2-1-3-6-18)19-9-10-24-23(15-19)22-8-4-7-20-17-29-31-25(20)26(22)30-24/h1-3,5-6,9-10,15,17,21,28,30H,4,7-8,11-14,16H2,(H,29,31). The van der Waals surface area contributed by atoms with E-state index in [4.69, 9.17) is 0 Å². The topological polar surface area (TPSA) is 76.8 Å². The first kappa shape index (κ1) is 20.2. The lowest BCUT2D eigenvalue weighted by Gasteiger charge is -2.32. The molecule has 0 atom stereocenters. The molecule has 1 amide bonds. The highest BCUT2D eigenvalue weighted by atomic mass is 16.2. The average Bonchev–Trinajstić information content (AvgIpc) is 3.43. The molecule has 1 saturated heterocycles. The maximum absolute atomic E-state index is 13.3. The van der Waals surface area contributed by atoms with Gasteiger partial charge in [-0.2, -0.15) is 5.10 Å². The predicted molar refractivity (Wildman–Crippen MR) is 130 cm³/mol. The monoisotopic (exact) mass is 439 g/mol. The molecular weight excluding hydrogens is 410 g/mol. The van der Waals surface area contributed by atoms with Crippen molar-refractivity contribution in [1.29, 1.82) is 0 Å². The molecule has 0 unspecified atom stereocenters. The minimum absolute atomic E-state index is 0.143. The molecule has 3 heterocycles. The second-order valence-electron chi connectivity index (χ2n) is 9.30. The van der Waals surface area contributed by atoms with Gasteiger partial charge in [-0.15, -0.1) is 0 Å². The van der Waals surface area contributed by atoms with Crippen LogP contribution in [0.5, 0.6) is 0 Å². The van der Waals surface area contributed by atoms with Crippen molar-refractivity contribution in [3.63, 3.8) is 0 Å². The fourth-order valence-electron chi connectivity index (χ4n) is 5.35. The number of aromatic nitrogens is 3. The molecule has 168 valence electrons. The molecule has 6 heteroatoms. The minimum atomic E-state index is 0.143. The van der Waals surface area contributed by atoms with Gasteiger partial charge in [0.05, 0.1) is 17.6 Å². The highest BCUT2D eigenvalue weighted by Gasteiger charge is 2.25. The van der Waals surface area contributed by atoms with Crippen LogP contribution in [0.1, 0.15) is 46.3 Å². The second-order valence-corrected chi connectivity index (χ2v) is 9.30. The summed E-state index contributed by atoms with van der Waals surface area (Å²) in [5.74, 6) is 0.143. The first-order valence-corrected chi connectivity index (χ1v) is 12.0. The Kier molecular flexibility index (Phi) is 5.23. The number of aromatic amines is 2. The molecule has 1 fully saturated rings. The van der Waals surface area contributed by atoms with Crippen LogP contribution in [0.25, 0.3) is 22.3 Å². The van der Waals surface area contributed by atoms with Crippen molar-refractivity contribution < 1.29 is 4.79 Å². The largest absolute Gasteiger partial charge is 0.353 e. The summed E-state index contributed by atoms with van der Waals surface area (Å²) in [5, 5.41) is 12.2. The van der Waals surface area contributed by atoms with E-state index in [1.807, 2.05) is 23.2 Å². The Morgan fingerprint density at radius 2 is 1.91 bits per heavy atom. The molecule has 2 aliphatic rings. The van der Waals surface area contributed by atoms with Crippen molar-refractivity contribution in [3.8, 4) is 11.4 Å². The van der Waals surface area contributed by atoms with Crippen LogP contribution in [0.2, 0.25) is 0 Å². The van der Waals surface area contributed by atoms with E-state index in [0.29, 0.717) is 6.04 Å². The first-order valence-electron chi connectivity index (χ1n) is 12.0. The summed E-state index contributed by atoms with van der Waals surface area (Å²) in [6.45, 7) is 2.48. The Morgan fingerprint density at radius 1 is 1.06 bits per heavy atom. The molecule has 0 bridgehead atoms. The molecule has 1 aliphatic carbocycles. The van der Waals surface area contributed by atoms with Gasteiger partial charge in [-0.25, -0.2) is 0 Å². The number of carbonyl (C=O) groups excluding carboxylic acids is 1. The summed E-state index contributed by atoms with van der Waals surface area (Å²) in [6.07, 6.45) is 7.04. The van der Waals surface area contributed by atoms with Gasteiger partial charge in [-0.3, -0.25) is 9.89 Å². The minimum Gasteiger partial charge on any atom is -0.353 e. The number of H-pyrrole nitrogens is 2. The van der Waals surface area contributed by atoms with Crippen molar-refractivity contribution in [2.24, 2.45) is 0 Å². The van der Waals surface area contributed by atoms with Gasteiger partial charge in [0.25, 0.3) is 5.91 Å². The van der Waals surface area contributed by atoms with E-state index in [1.165, 1.54) is 16.7 Å². The van der Waals surface area contributed by atoms with Gasteiger partial charge in [0.1, 0.15) is 0 Å². The van der Waals surface area contributed by atoms with Gasteiger partial charge in [-0.05, 0) is 67.0 Å². The van der Waals surface area contributed by atoms with E-state index in [9.17, 15) is 4.79 Å². The summed E-state index contributed by atoms with van der Waals surface area (Å²) < 4.78 is 0. The fourth-order valence-corrected chi connectivity index (χ4v) is 5.35. The SMILES string of the molecule is O=C(c1ccc2[nH]c3c(c2c1)CCCc1cn[nH]c1-3)N1CCC(NCc2ccccc2)CC1. The summed E-state index contributed by atoms with van der Waals surface area (Å²) in [7, 11) is 0. The van der Waals surface area contributed by atoms with E-state index in [0.717, 1.165) is 79.6 Å². The van der Waals surface area contributed by atoms with E-state index >= 15 is 0 Å². The van der Waals surface area contributed by atoms with Crippen LogP contribution in [-0.4, -0.2) is 45.1 Å². The molecule has 2 aromatic heterocycles. The molecule has 6 rings (SSSR count). The number of hydrogen-bond donors (Lipinski definition) is 3. The van der Waals surface area contributed by atoms with Crippen LogP contribution in [0.15, 0.2) is 54.7 Å². The van der Waals surface area contributed by atoms with E-state index in [2.05, 4.69) is 56.9 Å². The van der Waals surface area contributed by atoms with Gasteiger partial charge in [-0.1, -0.05) is 30.3 Å². The Bertz CT molecular complexity index is 1280. The molecule has 0 saturated carbocycles. The van der Waals surface area contributed by atoms with Gasteiger partial charge < -0.3 is 15.2 Å². The lowest BCUT2D eigenvalue weighted by atomic mass is 10.0. The van der Waals surface area contributed by atoms with Gasteiger partial charge >= 0.3 is 0 Å². The predicted octanol–water partition coefficient (Wildman–Crippen LogP) is 4.44. The maximum Gasteiger partial charge on any atom is 0.253 e. The van der Waals surface area contributed by atoms with Gasteiger partial charge in [0.15, 0.2) is 0 Å². The second kappa shape index (κ2) is 8.52. The molecule has 0 spiro atoms. The van der Waals surface area contributed by atoms with Crippen LogP contribution in [0, 0.1) is 0 Å². The summed E-state index contributed by atoms with van der Waals surface area (Å²) >= 11 is 0. The van der Waals surface area contributed by atoms with Gasteiger partial charge in [0.2, 0.25) is 0 Å². The zero-order chi connectivity index (χ0) is 22.2. The number of fused-ring (bicyclic) bond motifs is 5. The zero-order valence-corrected chi connectivity index (χ0v) is 18.7. The van der Waals surface area contributed by atoms with E-state index in [-0.39, 0.29) is 5.91 Å². The number of carbonyl (C=O) groups is 1. The quantitative estimate of drug-likeness (QED) is 0.440.